The SMILES string of the molecule is CNc1ncc(C#Cc2ccc([C@@H]3C[C@H]3[C@@H]3CN(C)CCO3)cn2)c2cc(NC(=O)[C@H]3C[C@H]3C)nnc12. The molecule has 2 aliphatic carbocycles. The fourth-order valence-corrected chi connectivity index (χ4v) is 5.19. The van der Waals surface area contributed by atoms with Crippen LogP contribution in [-0.4, -0.2) is 70.9 Å². The number of carbonyl (C=O) groups excluding carboxylic acids is 1. The highest BCUT2D eigenvalue weighted by Gasteiger charge is 2.45. The average molecular weight is 498 g/mol. The number of anilines is 2. The number of likely N-dealkylation sites (N-methyl/N-ethyl adjacent to an activating group) is 1. The van der Waals surface area contributed by atoms with Crippen LogP contribution in [0.25, 0.3) is 10.9 Å². The van der Waals surface area contributed by atoms with Crippen molar-refractivity contribution in [2.24, 2.45) is 17.8 Å². The Kier molecular flexibility index (Phi) is 6.22. The van der Waals surface area contributed by atoms with E-state index in [1.165, 1.54) is 5.56 Å². The van der Waals surface area contributed by atoms with E-state index in [0.717, 1.165) is 37.9 Å². The minimum absolute atomic E-state index is 0.0130. The molecule has 0 unspecified atom stereocenters. The number of ether oxygens (including phenoxy) is 1. The van der Waals surface area contributed by atoms with Crippen molar-refractivity contribution in [3.63, 3.8) is 0 Å². The summed E-state index contributed by atoms with van der Waals surface area (Å²) in [5.41, 5.74) is 3.24. The highest BCUT2D eigenvalue weighted by Crippen LogP contribution is 2.50. The zero-order chi connectivity index (χ0) is 25.5. The molecule has 190 valence electrons. The quantitative estimate of drug-likeness (QED) is 0.519. The molecule has 1 saturated heterocycles. The summed E-state index contributed by atoms with van der Waals surface area (Å²) in [6, 6.07) is 5.92. The zero-order valence-corrected chi connectivity index (χ0v) is 21.4. The maximum atomic E-state index is 12.4. The maximum Gasteiger partial charge on any atom is 0.228 e. The Morgan fingerprint density at radius 3 is 2.76 bits per heavy atom. The van der Waals surface area contributed by atoms with Gasteiger partial charge >= 0.3 is 0 Å². The van der Waals surface area contributed by atoms with Crippen molar-refractivity contribution >= 4 is 28.4 Å². The molecule has 3 fully saturated rings. The molecule has 0 radical (unpaired) electrons. The molecule has 0 bridgehead atoms. The number of rotatable bonds is 5. The molecular weight excluding hydrogens is 466 g/mol. The molecule has 3 aromatic rings. The van der Waals surface area contributed by atoms with Gasteiger partial charge in [0.2, 0.25) is 5.91 Å². The van der Waals surface area contributed by atoms with Crippen molar-refractivity contribution in [1.29, 1.82) is 0 Å². The Morgan fingerprint density at radius 2 is 2.03 bits per heavy atom. The maximum absolute atomic E-state index is 12.4. The molecule has 9 nitrogen and oxygen atoms in total. The van der Waals surface area contributed by atoms with Gasteiger partial charge in [-0.15, -0.1) is 10.2 Å². The van der Waals surface area contributed by atoms with Crippen LogP contribution in [0, 0.1) is 29.6 Å². The third kappa shape index (κ3) is 4.99. The molecular formula is C28H31N7O2. The van der Waals surface area contributed by atoms with Crippen molar-refractivity contribution < 1.29 is 9.53 Å². The van der Waals surface area contributed by atoms with Gasteiger partial charge in [0.15, 0.2) is 11.6 Å². The molecule has 2 N–H and O–H groups in total. The molecule has 5 atom stereocenters. The molecule has 1 aliphatic heterocycles. The van der Waals surface area contributed by atoms with Gasteiger partial charge in [0.05, 0.1) is 18.3 Å². The van der Waals surface area contributed by atoms with Crippen LogP contribution in [0.4, 0.5) is 11.6 Å². The van der Waals surface area contributed by atoms with E-state index >= 15 is 0 Å². The lowest BCUT2D eigenvalue weighted by Crippen LogP contribution is -2.41. The Hall–Kier alpha value is -3.61. The van der Waals surface area contributed by atoms with E-state index in [0.29, 0.717) is 52.3 Å². The van der Waals surface area contributed by atoms with Gasteiger partial charge in [0.25, 0.3) is 0 Å². The molecule has 4 heterocycles. The van der Waals surface area contributed by atoms with Crippen LogP contribution in [0.5, 0.6) is 0 Å². The van der Waals surface area contributed by atoms with E-state index in [9.17, 15) is 4.79 Å². The third-order valence-corrected chi connectivity index (χ3v) is 7.72. The van der Waals surface area contributed by atoms with E-state index in [1.807, 2.05) is 18.3 Å². The van der Waals surface area contributed by atoms with Gasteiger partial charge in [-0.1, -0.05) is 18.9 Å². The number of pyridine rings is 2. The lowest BCUT2D eigenvalue weighted by Gasteiger charge is -2.30. The highest BCUT2D eigenvalue weighted by atomic mass is 16.5. The fourth-order valence-electron chi connectivity index (χ4n) is 5.19. The van der Waals surface area contributed by atoms with Crippen molar-refractivity contribution in [1.82, 2.24) is 25.1 Å². The molecule has 6 rings (SSSR count). The summed E-state index contributed by atoms with van der Waals surface area (Å²) in [6.45, 7) is 4.90. The van der Waals surface area contributed by atoms with Crippen molar-refractivity contribution in [2.45, 2.75) is 31.8 Å². The zero-order valence-electron chi connectivity index (χ0n) is 21.4. The number of hydrogen-bond acceptors (Lipinski definition) is 8. The number of aromatic nitrogens is 4. The van der Waals surface area contributed by atoms with E-state index in [-0.39, 0.29) is 11.8 Å². The summed E-state index contributed by atoms with van der Waals surface area (Å²) >= 11 is 0. The Morgan fingerprint density at radius 1 is 1.16 bits per heavy atom. The number of hydrogen-bond donors (Lipinski definition) is 2. The van der Waals surface area contributed by atoms with Crippen LogP contribution in [0.15, 0.2) is 30.6 Å². The first kappa shape index (κ1) is 23.8. The second-order valence-electron chi connectivity index (χ2n) is 10.5. The van der Waals surface area contributed by atoms with Gasteiger partial charge in [-0.25, -0.2) is 9.97 Å². The largest absolute Gasteiger partial charge is 0.375 e. The lowest BCUT2D eigenvalue weighted by atomic mass is 10.1. The first-order chi connectivity index (χ1) is 18.0. The topological polar surface area (TPSA) is 105 Å². The van der Waals surface area contributed by atoms with Crippen LogP contribution in [0.1, 0.15) is 42.5 Å². The number of morpholine rings is 1. The van der Waals surface area contributed by atoms with E-state index in [2.05, 4.69) is 67.6 Å². The number of carbonyl (C=O) groups is 1. The van der Waals surface area contributed by atoms with Crippen LogP contribution >= 0.6 is 0 Å². The standard InChI is InChI=1S/C28H31N7O2/c1-16-10-20(16)28(36)32-25-12-22-18(14-31-27(29-2)26(22)34-33-25)5-7-19-6-4-17(13-30-19)21-11-23(21)24-15-35(3)8-9-37-24/h4,6,12-14,16,20-21,23-24H,8-11,15H2,1-3H3,(H,29,31)(H,32,33,36)/t16-,20+,21+,23-,24+/m1/s1. The Balaban J connectivity index is 1.20. The van der Waals surface area contributed by atoms with Gasteiger partial charge in [-0.3, -0.25) is 4.79 Å². The van der Waals surface area contributed by atoms with E-state index < -0.39 is 0 Å². The number of nitrogens with one attached hydrogen (secondary N) is 2. The summed E-state index contributed by atoms with van der Waals surface area (Å²) in [7, 11) is 3.94. The lowest BCUT2D eigenvalue weighted by molar-refractivity contribution is -0.117. The van der Waals surface area contributed by atoms with Crippen molar-refractivity contribution in [3.05, 3.63) is 47.4 Å². The number of amides is 1. The number of fused-ring (bicyclic) bond motifs is 1. The third-order valence-electron chi connectivity index (χ3n) is 7.72. The van der Waals surface area contributed by atoms with Gasteiger partial charge in [0, 0.05) is 43.8 Å². The van der Waals surface area contributed by atoms with Gasteiger partial charge in [-0.2, -0.15) is 0 Å². The van der Waals surface area contributed by atoms with Crippen molar-refractivity contribution in [3.8, 4) is 11.8 Å². The fraction of sp³-hybridized carbons (Fsp3) is 0.464. The monoisotopic (exact) mass is 497 g/mol. The highest BCUT2D eigenvalue weighted by molar-refractivity contribution is 5.97. The van der Waals surface area contributed by atoms with Gasteiger partial charge in [-0.05, 0) is 61.3 Å². The molecule has 3 aromatic heterocycles. The smallest absolute Gasteiger partial charge is 0.228 e. The van der Waals surface area contributed by atoms with Crippen molar-refractivity contribution in [2.75, 3.05) is 44.4 Å². The first-order valence-corrected chi connectivity index (χ1v) is 12.9. The molecule has 1 amide bonds. The predicted octanol–water partition coefficient (Wildman–Crippen LogP) is 2.89. The van der Waals surface area contributed by atoms with Crippen LogP contribution in [-0.2, 0) is 9.53 Å². The number of nitrogens with zero attached hydrogens (tertiary/aromatic N) is 5. The minimum Gasteiger partial charge on any atom is -0.375 e. The summed E-state index contributed by atoms with van der Waals surface area (Å²) in [6.07, 6.45) is 6.04. The summed E-state index contributed by atoms with van der Waals surface area (Å²) < 4.78 is 6.01. The van der Waals surface area contributed by atoms with Gasteiger partial charge < -0.3 is 20.3 Å². The first-order valence-electron chi connectivity index (χ1n) is 12.9. The average Bonchev–Trinajstić information content (AvgIpc) is 3.84. The van der Waals surface area contributed by atoms with Gasteiger partial charge in [0.1, 0.15) is 11.2 Å². The molecule has 37 heavy (non-hydrogen) atoms. The predicted molar refractivity (Wildman–Crippen MR) is 141 cm³/mol. The van der Waals surface area contributed by atoms with Crippen LogP contribution in [0.2, 0.25) is 0 Å². The minimum atomic E-state index is -0.0130. The molecule has 0 aromatic carbocycles. The Labute approximate surface area is 216 Å². The second kappa shape index (κ2) is 9.69. The summed E-state index contributed by atoms with van der Waals surface area (Å²) in [5, 5.41) is 15.2. The second-order valence-corrected chi connectivity index (χ2v) is 10.5. The summed E-state index contributed by atoms with van der Waals surface area (Å²) in [4.78, 5) is 23.8. The van der Waals surface area contributed by atoms with Crippen LogP contribution < -0.4 is 10.6 Å². The molecule has 3 aliphatic rings. The van der Waals surface area contributed by atoms with E-state index in [4.69, 9.17) is 4.74 Å². The van der Waals surface area contributed by atoms with E-state index in [1.54, 1.807) is 13.2 Å². The Bertz CT molecular complexity index is 1400. The molecule has 2 saturated carbocycles. The molecule has 0 spiro atoms. The summed E-state index contributed by atoms with van der Waals surface area (Å²) in [5.74, 6) is 8.93. The molecule has 9 heteroatoms. The normalized spacial score (nSPS) is 26.7. The van der Waals surface area contributed by atoms with Crippen LogP contribution in [0.3, 0.4) is 0 Å².